The Balaban J connectivity index is 0. The van der Waals surface area contributed by atoms with Gasteiger partial charge in [-0.05, 0) is 37.5 Å². The number of aliphatic imine (C=N–C) groups is 2. The Morgan fingerprint density at radius 1 is 0.900 bits per heavy atom. The molecular formula is C11H20CuN6S2. The summed E-state index contributed by atoms with van der Waals surface area (Å²) >= 11 is 9.93. The SMILES string of the molecule is CCN=C([S-])N/N=C(C)/C(CC)=N/NC([S-])=NCC.[Cu+2]. The summed E-state index contributed by atoms with van der Waals surface area (Å²) in [5.41, 5.74) is 6.92. The van der Waals surface area contributed by atoms with Gasteiger partial charge in [-0.1, -0.05) is 6.92 Å². The monoisotopic (exact) mass is 363 g/mol. The number of rotatable bonds is 6. The van der Waals surface area contributed by atoms with Crippen molar-refractivity contribution < 1.29 is 17.1 Å². The molecule has 6 nitrogen and oxygen atoms in total. The minimum absolute atomic E-state index is 0. The molecule has 0 saturated carbocycles. The fourth-order valence-corrected chi connectivity index (χ4v) is 1.43. The van der Waals surface area contributed by atoms with E-state index in [9.17, 15) is 0 Å². The minimum atomic E-state index is 0. The van der Waals surface area contributed by atoms with Crippen LogP contribution in [0.4, 0.5) is 0 Å². The van der Waals surface area contributed by atoms with Crippen LogP contribution in [0, 0.1) is 0 Å². The maximum atomic E-state index is 4.97. The molecule has 20 heavy (non-hydrogen) atoms. The Morgan fingerprint density at radius 3 is 1.75 bits per heavy atom. The van der Waals surface area contributed by atoms with E-state index < -0.39 is 0 Å². The third kappa shape index (κ3) is 10.1. The van der Waals surface area contributed by atoms with E-state index in [4.69, 9.17) is 25.3 Å². The number of hydrogen-bond acceptors (Lipinski definition) is 6. The first-order chi connectivity index (χ1) is 9.04. The van der Waals surface area contributed by atoms with Crippen molar-refractivity contribution >= 4 is 47.0 Å². The maximum absolute atomic E-state index is 4.97. The molecule has 0 saturated heterocycles. The van der Waals surface area contributed by atoms with E-state index in [-0.39, 0.29) is 17.1 Å². The summed E-state index contributed by atoms with van der Waals surface area (Å²) in [6.45, 7) is 8.90. The van der Waals surface area contributed by atoms with E-state index >= 15 is 0 Å². The van der Waals surface area contributed by atoms with Crippen LogP contribution < -0.4 is 10.9 Å². The zero-order valence-corrected chi connectivity index (χ0v) is 14.6. The molecule has 0 aliphatic heterocycles. The predicted octanol–water partition coefficient (Wildman–Crippen LogP) is 1.15. The number of nitrogens with one attached hydrogen (secondary N) is 2. The van der Waals surface area contributed by atoms with E-state index in [0.29, 0.717) is 23.4 Å². The summed E-state index contributed by atoms with van der Waals surface area (Å²) in [7, 11) is 0. The van der Waals surface area contributed by atoms with Crippen LogP contribution in [0.1, 0.15) is 34.1 Å². The first-order valence-electron chi connectivity index (χ1n) is 6.11. The second-order valence-electron chi connectivity index (χ2n) is 3.39. The van der Waals surface area contributed by atoms with Gasteiger partial charge in [-0.2, -0.15) is 10.2 Å². The van der Waals surface area contributed by atoms with Crippen molar-refractivity contribution in [3.8, 4) is 0 Å². The molecule has 0 heterocycles. The summed E-state index contributed by atoms with van der Waals surface area (Å²) in [6, 6.07) is 0. The van der Waals surface area contributed by atoms with Gasteiger partial charge in [-0.3, -0.25) is 20.8 Å². The Bertz CT molecular complexity index is 392. The van der Waals surface area contributed by atoms with Crippen LogP contribution in [0.2, 0.25) is 0 Å². The molecule has 0 aliphatic carbocycles. The molecule has 9 heteroatoms. The first kappa shape index (κ1) is 21.5. The Morgan fingerprint density at radius 2 is 1.35 bits per heavy atom. The van der Waals surface area contributed by atoms with Gasteiger partial charge in [0.25, 0.3) is 0 Å². The Labute approximate surface area is 142 Å². The second kappa shape index (κ2) is 13.2. The van der Waals surface area contributed by atoms with Gasteiger partial charge in [0.2, 0.25) is 0 Å². The van der Waals surface area contributed by atoms with Crippen molar-refractivity contribution in [2.45, 2.75) is 34.1 Å². The predicted molar refractivity (Wildman–Crippen MR) is 87.8 cm³/mol. The maximum Gasteiger partial charge on any atom is 2.00 e. The van der Waals surface area contributed by atoms with Crippen LogP contribution in [0.15, 0.2) is 20.2 Å². The average Bonchev–Trinajstić information content (AvgIpc) is 2.37. The molecular weight excluding hydrogens is 344 g/mol. The molecule has 0 fully saturated rings. The molecule has 0 aromatic carbocycles. The van der Waals surface area contributed by atoms with Gasteiger partial charge >= 0.3 is 17.1 Å². The van der Waals surface area contributed by atoms with E-state index in [1.807, 2.05) is 27.7 Å². The molecule has 1 radical (unpaired) electrons. The smallest absolute Gasteiger partial charge is 0.741 e. The summed E-state index contributed by atoms with van der Waals surface area (Å²) in [4.78, 5) is 8.01. The Kier molecular flexibility index (Phi) is 14.2. The summed E-state index contributed by atoms with van der Waals surface area (Å²) < 4.78 is 0. The van der Waals surface area contributed by atoms with Crippen LogP contribution in [0.5, 0.6) is 0 Å². The fraction of sp³-hybridized carbons (Fsp3) is 0.636. The van der Waals surface area contributed by atoms with Gasteiger partial charge in [0.1, 0.15) is 0 Å². The van der Waals surface area contributed by atoms with Gasteiger partial charge < -0.3 is 25.3 Å². The first-order valence-corrected chi connectivity index (χ1v) is 6.92. The zero-order chi connectivity index (χ0) is 14.7. The van der Waals surface area contributed by atoms with Gasteiger partial charge in [-0.25, -0.2) is 0 Å². The van der Waals surface area contributed by atoms with Gasteiger partial charge in [0.15, 0.2) is 0 Å². The van der Waals surface area contributed by atoms with Crippen molar-refractivity contribution in [1.82, 2.24) is 10.9 Å². The summed E-state index contributed by atoms with van der Waals surface area (Å²) in [5.74, 6) is 0. The molecule has 0 aromatic rings. The average molecular weight is 364 g/mol. The number of nitrogens with zero attached hydrogens (tertiary/aromatic N) is 4. The van der Waals surface area contributed by atoms with Gasteiger partial charge in [-0.15, -0.1) is 0 Å². The number of hydrogen-bond donors (Lipinski definition) is 2. The van der Waals surface area contributed by atoms with Gasteiger partial charge in [0.05, 0.1) is 11.4 Å². The molecule has 0 aliphatic rings. The molecule has 0 aromatic heterocycles. The summed E-state index contributed by atoms with van der Waals surface area (Å²) in [5, 5.41) is 9.03. The molecule has 0 spiro atoms. The van der Waals surface area contributed by atoms with Crippen LogP contribution in [-0.2, 0) is 42.3 Å². The largest absolute Gasteiger partial charge is 2.00 e. The van der Waals surface area contributed by atoms with E-state index in [1.165, 1.54) is 0 Å². The topological polar surface area (TPSA) is 73.5 Å². The Hall–Kier alpha value is -0.761. The van der Waals surface area contributed by atoms with Crippen molar-refractivity contribution in [3.05, 3.63) is 0 Å². The van der Waals surface area contributed by atoms with Crippen LogP contribution >= 0.6 is 0 Å². The number of amidine groups is 2. The molecule has 0 unspecified atom stereocenters. The van der Waals surface area contributed by atoms with Gasteiger partial charge in [0, 0.05) is 13.1 Å². The van der Waals surface area contributed by atoms with E-state index in [0.717, 1.165) is 17.8 Å². The standard InChI is InChI=1S/C11H22N6S2.Cu/c1-5-9(15-17-11(19)13-7-3)8(4)14-16-10(18)12-6-2;/h5-7H2,1-4H3,(H2,12,16,18)(H2,13,17,19);/q;+2/p-2/b14-8+,15-9+;. The number of hydrazone groups is 2. The fourth-order valence-electron chi connectivity index (χ4n) is 1.09. The third-order valence-corrected chi connectivity index (χ3v) is 2.40. The van der Waals surface area contributed by atoms with Crippen molar-refractivity contribution in [2.75, 3.05) is 13.1 Å². The molecule has 2 N–H and O–H groups in total. The van der Waals surface area contributed by atoms with E-state index in [1.54, 1.807) is 0 Å². The van der Waals surface area contributed by atoms with Crippen LogP contribution in [0.25, 0.3) is 0 Å². The van der Waals surface area contributed by atoms with Crippen LogP contribution in [0.3, 0.4) is 0 Å². The third-order valence-electron chi connectivity index (χ3n) is 1.96. The molecule has 117 valence electrons. The van der Waals surface area contributed by atoms with Crippen molar-refractivity contribution in [1.29, 1.82) is 0 Å². The molecule has 0 amide bonds. The normalized spacial score (nSPS) is 13.8. The zero-order valence-electron chi connectivity index (χ0n) is 12.0. The summed E-state index contributed by atoms with van der Waals surface area (Å²) in [6.07, 6.45) is 0.719. The molecule has 0 bridgehead atoms. The molecule has 0 rings (SSSR count). The van der Waals surface area contributed by atoms with E-state index in [2.05, 4.69) is 31.0 Å². The van der Waals surface area contributed by atoms with Crippen molar-refractivity contribution in [2.24, 2.45) is 20.2 Å². The quantitative estimate of drug-likeness (QED) is 0.244. The van der Waals surface area contributed by atoms with Crippen molar-refractivity contribution in [3.63, 3.8) is 0 Å². The molecule has 0 atom stereocenters. The van der Waals surface area contributed by atoms with Crippen LogP contribution in [-0.4, -0.2) is 34.8 Å². The second-order valence-corrected chi connectivity index (χ2v) is 4.17. The minimum Gasteiger partial charge on any atom is -0.741 e.